The maximum Gasteiger partial charge on any atom is 0.171 e. The third-order valence-corrected chi connectivity index (χ3v) is 5.29. The second-order valence-corrected chi connectivity index (χ2v) is 6.40. The quantitative estimate of drug-likeness (QED) is 0.668. The van der Waals surface area contributed by atoms with Gasteiger partial charge in [0.25, 0.3) is 0 Å². The van der Waals surface area contributed by atoms with Crippen molar-refractivity contribution in [3.05, 3.63) is 23.5 Å². The summed E-state index contributed by atoms with van der Waals surface area (Å²) in [4.78, 5) is 15.5. The number of rotatable bonds is 0. The Balaban J connectivity index is 1.73. The number of nitrogens with zero attached hydrogens (tertiary/aromatic N) is 1. The van der Waals surface area contributed by atoms with E-state index >= 15 is 0 Å². The van der Waals surface area contributed by atoms with Gasteiger partial charge in [0.2, 0.25) is 0 Å². The zero-order valence-electron chi connectivity index (χ0n) is 11.5. The molecule has 0 aromatic rings. The van der Waals surface area contributed by atoms with Gasteiger partial charge in [0.1, 0.15) is 11.9 Å². The number of hydrogen-bond acceptors (Lipinski definition) is 3. The number of ether oxygens (including phenoxy) is 1. The molecule has 0 aromatic heterocycles. The molecule has 3 aliphatic heterocycles. The first kappa shape index (κ1) is 11.7. The van der Waals surface area contributed by atoms with Crippen molar-refractivity contribution in [2.75, 3.05) is 13.1 Å². The van der Waals surface area contributed by atoms with Gasteiger partial charge in [-0.05, 0) is 44.2 Å². The van der Waals surface area contributed by atoms with Crippen LogP contribution in [0.25, 0.3) is 0 Å². The van der Waals surface area contributed by atoms with Gasteiger partial charge in [-0.25, -0.2) is 0 Å². The highest BCUT2D eigenvalue weighted by Gasteiger charge is 2.49. The summed E-state index contributed by atoms with van der Waals surface area (Å²) >= 11 is 0. The average molecular weight is 259 g/mol. The van der Waals surface area contributed by atoms with E-state index in [1.807, 2.05) is 6.08 Å². The van der Waals surface area contributed by atoms with E-state index in [1.54, 1.807) is 0 Å². The van der Waals surface area contributed by atoms with Gasteiger partial charge in [-0.15, -0.1) is 0 Å². The molecule has 3 nitrogen and oxygen atoms in total. The largest absolute Gasteiger partial charge is 0.489 e. The van der Waals surface area contributed by atoms with E-state index in [0.717, 1.165) is 30.7 Å². The third-order valence-electron chi connectivity index (χ3n) is 5.29. The Labute approximate surface area is 114 Å². The molecule has 0 saturated carbocycles. The summed E-state index contributed by atoms with van der Waals surface area (Å²) in [5, 5.41) is 0. The summed E-state index contributed by atoms with van der Waals surface area (Å²) in [6.07, 6.45) is 8.67. The number of fused-ring (bicyclic) bond motifs is 3. The van der Waals surface area contributed by atoms with Crippen LogP contribution >= 0.6 is 0 Å². The molecule has 0 amide bonds. The Morgan fingerprint density at radius 1 is 1.32 bits per heavy atom. The molecule has 3 heterocycles. The highest BCUT2D eigenvalue weighted by Crippen LogP contribution is 2.42. The van der Waals surface area contributed by atoms with Crippen LogP contribution in [0.2, 0.25) is 0 Å². The molecule has 0 radical (unpaired) electrons. The minimum absolute atomic E-state index is 0.101. The lowest BCUT2D eigenvalue weighted by atomic mass is 9.74. The smallest absolute Gasteiger partial charge is 0.171 e. The van der Waals surface area contributed by atoms with Gasteiger partial charge in [0, 0.05) is 18.2 Å². The third kappa shape index (κ3) is 1.64. The lowest BCUT2D eigenvalue weighted by Crippen LogP contribution is -2.54. The summed E-state index contributed by atoms with van der Waals surface area (Å²) in [5.41, 5.74) is 0.970. The van der Waals surface area contributed by atoms with E-state index in [9.17, 15) is 4.79 Å². The Bertz CT molecular complexity index is 479. The summed E-state index contributed by atoms with van der Waals surface area (Å²) in [6.45, 7) is 4.42. The highest BCUT2D eigenvalue weighted by molar-refractivity contribution is 6.00. The minimum atomic E-state index is 0.101. The number of ketones is 1. The zero-order chi connectivity index (χ0) is 13.0. The number of Topliss-reactive ketones (excluding diaryl/α,β-unsaturated/α-hetero) is 1. The van der Waals surface area contributed by atoms with Crippen LogP contribution in [0.5, 0.6) is 0 Å². The van der Waals surface area contributed by atoms with Crippen molar-refractivity contribution in [2.45, 2.75) is 44.8 Å². The van der Waals surface area contributed by atoms with Gasteiger partial charge in [0.05, 0.1) is 5.92 Å². The molecule has 4 rings (SSSR count). The van der Waals surface area contributed by atoms with E-state index in [2.05, 4.69) is 17.9 Å². The summed E-state index contributed by atoms with van der Waals surface area (Å²) in [5.74, 6) is 1.69. The van der Waals surface area contributed by atoms with Gasteiger partial charge < -0.3 is 4.74 Å². The van der Waals surface area contributed by atoms with Gasteiger partial charge in [0.15, 0.2) is 5.78 Å². The van der Waals surface area contributed by atoms with E-state index in [4.69, 9.17) is 4.74 Å². The molecule has 4 atom stereocenters. The van der Waals surface area contributed by atoms with E-state index in [1.165, 1.54) is 19.4 Å². The minimum Gasteiger partial charge on any atom is -0.489 e. The number of piperidine rings is 1. The molecule has 2 fully saturated rings. The highest BCUT2D eigenvalue weighted by atomic mass is 16.5. The maximum absolute atomic E-state index is 12.9. The maximum atomic E-state index is 12.9. The average Bonchev–Trinajstić information content (AvgIpc) is 2.86. The van der Waals surface area contributed by atoms with E-state index in [0.29, 0.717) is 17.7 Å². The molecule has 0 N–H and O–H groups in total. The standard InChI is InChI=1S/C16H21NO2/c1-10-4-2-6-12-14(10)16(18)15-11-5-3-8-17(11)9-7-13(15)19-12/h2,6,10-11,13,15H,3-5,7-9H2,1H3/t10-,11+,13-,15+/m0/s1. The van der Waals surface area contributed by atoms with Crippen molar-refractivity contribution in [3.63, 3.8) is 0 Å². The van der Waals surface area contributed by atoms with Gasteiger partial charge >= 0.3 is 0 Å². The molecule has 0 spiro atoms. The number of hydrogen-bond donors (Lipinski definition) is 0. The zero-order valence-corrected chi connectivity index (χ0v) is 11.5. The van der Waals surface area contributed by atoms with Crippen molar-refractivity contribution >= 4 is 5.78 Å². The van der Waals surface area contributed by atoms with Crippen LogP contribution in [-0.4, -0.2) is 35.9 Å². The first-order chi connectivity index (χ1) is 9.25. The van der Waals surface area contributed by atoms with E-state index < -0.39 is 0 Å². The van der Waals surface area contributed by atoms with Gasteiger partial charge in [-0.1, -0.05) is 13.0 Å². The molecule has 2 saturated heterocycles. The molecule has 19 heavy (non-hydrogen) atoms. The first-order valence-electron chi connectivity index (χ1n) is 7.61. The van der Waals surface area contributed by atoms with Crippen molar-refractivity contribution < 1.29 is 9.53 Å². The van der Waals surface area contributed by atoms with Crippen LogP contribution in [-0.2, 0) is 9.53 Å². The Morgan fingerprint density at radius 3 is 3.11 bits per heavy atom. The lowest BCUT2D eigenvalue weighted by molar-refractivity contribution is -0.133. The van der Waals surface area contributed by atoms with Crippen LogP contribution in [0.4, 0.5) is 0 Å². The molecule has 0 bridgehead atoms. The molecule has 0 unspecified atom stereocenters. The van der Waals surface area contributed by atoms with Crippen molar-refractivity contribution in [2.24, 2.45) is 11.8 Å². The predicted octanol–water partition coefficient (Wildman–Crippen LogP) is 2.29. The fourth-order valence-electron chi connectivity index (χ4n) is 4.37. The molecule has 4 aliphatic rings. The van der Waals surface area contributed by atoms with Crippen LogP contribution < -0.4 is 0 Å². The second-order valence-electron chi connectivity index (χ2n) is 6.40. The number of carbonyl (C=O) groups excluding carboxylic acids is 1. The normalized spacial score (nSPS) is 41.6. The Kier molecular flexibility index (Phi) is 2.59. The monoisotopic (exact) mass is 259 g/mol. The molecular formula is C16H21NO2. The second kappa shape index (κ2) is 4.20. The lowest BCUT2D eigenvalue weighted by Gasteiger charge is -2.45. The molecule has 3 heteroatoms. The van der Waals surface area contributed by atoms with Crippen LogP contribution in [0, 0.1) is 11.8 Å². The van der Waals surface area contributed by atoms with Crippen molar-refractivity contribution in [3.8, 4) is 0 Å². The topological polar surface area (TPSA) is 29.5 Å². The summed E-state index contributed by atoms with van der Waals surface area (Å²) in [6, 6.07) is 0.443. The summed E-state index contributed by atoms with van der Waals surface area (Å²) in [7, 11) is 0. The van der Waals surface area contributed by atoms with Crippen molar-refractivity contribution in [1.29, 1.82) is 0 Å². The van der Waals surface area contributed by atoms with Crippen LogP contribution in [0.15, 0.2) is 23.5 Å². The number of allylic oxidation sites excluding steroid dienone is 3. The van der Waals surface area contributed by atoms with Gasteiger partial charge in [-0.3, -0.25) is 9.69 Å². The van der Waals surface area contributed by atoms with Crippen LogP contribution in [0.1, 0.15) is 32.6 Å². The predicted molar refractivity (Wildman–Crippen MR) is 72.5 cm³/mol. The first-order valence-corrected chi connectivity index (χ1v) is 7.61. The molecular weight excluding hydrogens is 238 g/mol. The fraction of sp³-hybridized carbons (Fsp3) is 0.688. The number of carbonyl (C=O) groups is 1. The van der Waals surface area contributed by atoms with E-state index in [-0.39, 0.29) is 12.0 Å². The Hall–Kier alpha value is -1.09. The van der Waals surface area contributed by atoms with Gasteiger partial charge in [-0.2, -0.15) is 0 Å². The SMILES string of the molecule is C[C@H]1CC=CC2=C1C(=O)[C@H]1[C@H](CCN3CCC[C@H]13)O2. The summed E-state index contributed by atoms with van der Waals surface area (Å²) < 4.78 is 6.19. The fourth-order valence-corrected chi connectivity index (χ4v) is 4.37. The van der Waals surface area contributed by atoms with Crippen LogP contribution in [0.3, 0.4) is 0 Å². The molecule has 0 aromatic carbocycles. The van der Waals surface area contributed by atoms with Crippen molar-refractivity contribution in [1.82, 2.24) is 4.90 Å². The molecule has 1 aliphatic carbocycles. The Morgan fingerprint density at radius 2 is 2.21 bits per heavy atom. The molecule has 102 valence electrons.